The number of hydrogen-bond donors (Lipinski definition) is 1. The van der Waals surface area contributed by atoms with Crippen molar-refractivity contribution in [3.8, 4) is 0 Å². The highest BCUT2D eigenvalue weighted by atomic mass is 16.5. The summed E-state index contributed by atoms with van der Waals surface area (Å²) in [5.41, 5.74) is 1.27. The Hall–Kier alpha value is -2.41. The summed E-state index contributed by atoms with van der Waals surface area (Å²) in [6.45, 7) is 2.32. The highest BCUT2D eigenvalue weighted by Gasteiger charge is 2.35. The Morgan fingerprint density at radius 1 is 1.12 bits per heavy atom. The van der Waals surface area contributed by atoms with E-state index < -0.39 is 0 Å². The largest absolute Gasteiger partial charge is 0.385 e. The standard InChI is InChI=1S/C18H23N3O4/c1-25-11-5-10-21-16(22)14-7-6-13(12-15(14)17(21)23)19-18(24)20-8-3-2-4-9-20/h6-7,12H,2-5,8-11H2,1H3,(H,19,24). The number of fused-ring (bicyclic) bond motifs is 1. The van der Waals surface area contributed by atoms with E-state index in [9.17, 15) is 14.4 Å². The molecule has 0 aromatic heterocycles. The Labute approximate surface area is 146 Å². The van der Waals surface area contributed by atoms with Crippen LogP contribution in [0, 0.1) is 0 Å². The third-order valence-electron chi connectivity index (χ3n) is 4.60. The van der Waals surface area contributed by atoms with Crippen molar-refractivity contribution in [2.24, 2.45) is 0 Å². The highest BCUT2D eigenvalue weighted by molar-refractivity contribution is 6.21. The third kappa shape index (κ3) is 3.66. The summed E-state index contributed by atoms with van der Waals surface area (Å²) in [5.74, 6) is -0.602. The van der Waals surface area contributed by atoms with Gasteiger partial charge in [-0.15, -0.1) is 0 Å². The molecule has 1 saturated heterocycles. The number of methoxy groups -OCH3 is 1. The lowest BCUT2D eigenvalue weighted by Crippen LogP contribution is -2.38. The van der Waals surface area contributed by atoms with Crippen LogP contribution in [0.1, 0.15) is 46.4 Å². The van der Waals surface area contributed by atoms with E-state index in [1.54, 1.807) is 30.2 Å². The summed E-state index contributed by atoms with van der Waals surface area (Å²) in [7, 11) is 1.58. The second-order valence-corrected chi connectivity index (χ2v) is 6.35. The number of piperidine rings is 1. The molecule has 0 aliphatic carbocycles. The predicted octanol–water partition coefficient (Wildman–Crippen LogP) is 2.34. The lowest BCUT2D eigenvalue weighted by Gasteiger charge is -2.26. The van der Waals surface area contributed by atoms with Crippen molar-refractivity contribution >= 4 is 23.5 Å². The average molecular weight is 345 g/mol. The van der Waals surface area contributed by atoms with E-state index in [0.29, 0.717) is 36.4 Å². The normalized spacial score (nSPS) is 17.0. The van der Waals surface area contributed by atoms with Gasteiger partial charge in [0, 0.05) is 39.0 Å². The topological polar surface area (TPSA) is 79.0 Å². The molecule has 1 aromatic rings. The number of hydrogen-bond acceptors (Lipinski definition) is 4. The van der Waals surface area contributed by atoms with Crippen LogP contribution in [0.5, 0.6) is 0 Å². The van der Waals surface area contributed by atoms with Gasteiger partial charge in [-0.05, 0) is 43.9 Å². The number of carbonyl (C=O) groups is 3. The molecule has 2 heterocycles. The number of rotatable bonds is 5. The molecular weight excluding hydrogens is 322 g/mol. The van der Waals surface area contributed by atoms with Crippen LogP contribution in [0.2, 0.25) is 0 Å². The first kappa shape index (κ1) is 17.4. The van der Waals surface area contributed by atoms with Crippen LogP contribution in [-0.2, 0) is 4.74 Å². The molecule has 4 amide bonds. The van der Waals surface area contributed by atoms with Gasteiger partial charge < -0.3 is 15.0 Å². The SMILES string of the molecule is COCCCN1C(=O)c2ccc(NC(=O)N3CCCCC3)cc2C1=O. The van der Waals surface area contributed by atoms with Crippen LogP contribution in [0.25, 0.3) is 0 Å². The first-order valence-corrected chi connectivity index (χ1v) is 8.67. The van der Waals surface area contributed by atoms with Crippen LogP contribution in [0.3, 0.4) is 0 Å². The molecule has 1 aromatic carbocycles. The summed E-state index contributed by atoms with van der Waals surface area (Å²) < 4.78 is 4.97. The van der Waals surface area contributed by atoms with Gasteiger partial charge in [0.25, 0.3) is 11.8 Å². The van der Waals surface area contributed by atoms with E-state index in [-0.39, 0.29) is 17.8 Å². The second-order valence-electron chi connectivity index (χ2n) is 6.35. The van der Waals surface area contributed by atoms with E-state index in [2.05, 4.69) is 5.32 Å². The zero-order valence-corrected chi connectivity index (χ0v) is 14.4. The lowest BCUT2D eigenvalue weighted by molar-refractivity contribution is 0.0638. The summed E-state index contributed by atoms with van der Waals surface area (Å²) in [6, 6.07) is 4.71. The van der Waals surface area contributed by atoms with Crippen LogP contribution in [0.15, 0.2) is 18.2 Å². The molecule has 0 spiro atoms. The van der Waals surface area contributed by atoms with E-state index in [1.807, 2.05) is 0 Å². The molecule has 0 unspecified atom stereocenters. The second kappa shape index (κ2) is 7.65. The number of imide groups is 1. The van der Waals surface area contributed by atoms with Gasteiger partial charge in [0.15, 0.2) is 0 Å². The Morgan fingerprint density at radius 3 is 2.56 bits per heavy atom. The zero-order chi connectivity index (χ0) is 17.8. The Balaban J connectivity index is 1.69. The number of amides is 4. The third-order valence-corrected chi connectivity index (χ3v) is 4.60. The number of nitrogens with zero attached hydrogens (tertiary/aromatic N) is 2. The van der Waals surface area contributed by atoms with Crippen molar-refractivity contribution in [2.45, 2.75) is 25.7 Å². The molecule has 1 N–H and O–H groups in total. The molecule has 0 saturated carbocycles. The van der Waals surface area contributed by atoms with Crippen LogP contribution < -0.4 is 5.32 Å². The molecule has 7 nitrogen and oxygen atoms in total. The highest BCUT2D eigenvalue weighted by Crippen LogP contribution is 2.26. The number of benzene rings is 1. The molecule has 25 heavy (non-hydrogen) atoms. The molecule has 0 bridgehead atoms. The Morgan fingerprint density at radius 2 is 1.84 bits per heavy atom. The first-order valence-electron chi connectivity index (χ1n) is 8.67. The molecular formula is C18H23N3O4. The van der Waals surface area contributed by atoms with E-state index in [0.717, 1.165) is 32.4 Å². The first-order chi connectivity index (χ1) is 12.1. The van der Waals surface area contributed by atoms with Crippen LogP contribution >= 0.6 is 0 Å². The minimum absolute atomic E-state index is 0.159. The van der Waals surface area contributed by atoms with Crippen molar-refractivity contribution in [3.63, 3.8) is 0 Å². The molecule has 134 valence electrons. The van der Waals surface area contributed by atoms with Gasteiger partial charge >= 0.3 is 6.03 Å². The maximum absolute atomic E-state index is 12.5. The minimum Gasteiger partial charge on any atom is -0.385 e. The van der Waals surface area contributed by atoms with Gasteiger partial charge in [-0.3, -0.25) is 14.5 Å². The Bertz CT molecular complexity index is 683. The van der Waals surface area contributed by atoms with Gasteiger partial charge in [-0.1, -0.05) is 0 Å². The smallest absolute Gasteiger partial charge is 0.321 e. The molecule has 1 fully saturated rings. The predicted molar refractivity (Wildman–Crippen MR) is 92.7 cm³/mol. The van der Waals surface area contributed by atoms with Crippen molar-refractivity contribution in [1.82, 2.24) is 9.80 Å². The molecule has 7 heteroatoms. The van der Waals surface area contributed by atoms with Crippen LogP contribution in [0.4, 0.5) is 10.5 Å². The number of nitrogens with one attached hydrogen (secondary N) is 1. The zero-order valence-electron chi connectivity index (χ0n) is 14.4. The monoisotopic (exact) mass is 345 g/mol. The number of ether oxygens (including phenoxy) is 1. The van der Waals surface area contributed by atoms with Gasteiger partial charge in [-0.25, -0.2) is 4.79 Å². The number of likely N-dealkylation sites (tertiary alicyclic amines) is 1. The lowest BCUT2D eigenvalue weighted by atomic mass is 10.1. The number of urea groups is 1. The minimum atomic E-state index is -0.315. The van der Waals surface area contributed by atoms with Crippen molar-refractivity contribution in [1.29, 1.82) is 0 Å². The maximum atomic E-state index is 12.5. The number of carbonyl (C=O) groups excluding carboxylic acids is 3. The van der Waals surface area contributed by atoms with E-state index >= 15 is 0 Å². The van der Waals surface area contributed by atoms with E-state index in [4.69, 9.17) is 4.74 Å². The fraction of sp³-hybridized carbons (Fsp3) is 0.500. The fourth-order valence-corrected chi connectivity index (χ4v) is 3.24. The molecule has 3 rings (SSSR count). The van der Waals surface area contributed by atoms with Crippen LogP contribution in [-0.4, -0.2) is 61.0 Å². The maximum Gasteiger partial charge on any atom is 0.321 e. The quantitative estimate of drug-likeness (QED) is 0.656. The van der Waals surface area contributed by atoms with Crippen molar-refractivity contribution in [2.75, 3.05) is 38.7 Å². The van der Waals surface area contributed by atoms with Gasteiger partial charge in [0.05, 0.1) is 11.1 Å². The summed E-state index contributed by atoms with van der Waals surface area (Å²) in [4.78, 5) is 40.1. The van der Waals surface area contributed by atoms with E-state index in [1.165, 1.54) is 4.90 Å². The summed E-state index contributed by atoms with van der Waals surface area (Å²) in [6.07, 6.45) is 3.78. The fourth-order valence-electron chi connectivity index (χ4n) is 3.24. The Kier molecular flexibility index (Phi) is 5.33. The average Bonchev–Trinajstić information content (AvgIpc) is 2.87. The molecule has 2 aliphatic rings. The van der Waals surface area contributed by atoms with Gasteiger partial charge in [0.1, 0.15) is 0 Å². The molecule has 0 atom stereocenters. The molecule has 0 radical (unpaired) electrons. The number of anilines is 1. The summed E-state index contributed by atoms with van der Waals surface area (Å²) in [5, 5.41) is 2.83. The van der Waals surface area contributed by atoms with Gasteiger partial charge in [0.2, 0.25) is 0 Å². The summed E-state index contributed by atoms with van der Waals surface area (Å²) >= 11 is 0. The van der Waals surface area contributed by atoms with Gasteiger partial charge in [-0.2, -0.15) is 0 Å². The van der Waals surface area contributed by atoms with Crippen molar-refractivity contribution in [3.05, 3.63) is 29.3 Å². The molecule has 2 aliphatic heterocycles. The van der Waals surface area contributed by atoms with Crippen molar-refractivity contribution < 1.29 is 19.1 Å².